The third-order valence-electron chi connectivity index (χ3n) is 8.44. The number of imidazole rings is 1. The van der Waals surface area contributed by atoms with Crippen molar-refractivity contribution in [3.63, 3.8) is 0 Å². The highest BCUT2D eigenvalue weighted by Gasteiger charge is 2.29. The molecule has 42 heavy (non-hydrogen) atoms. The average molecular weight is 575 g/mol. The molecule has 1 unspecified atom stereocenters. The van der Waals surface area contributed by atoms with E-state index < -0.39 is 6.19 Å². The third-order valence-corrected chi connectivity index (χ3v) is 13.2. The molecule has 1 atom stereocenters. The lowest BCUT2D eigenvalue weighted by atomic mass is 10.1. The standard InChI is InChI=1S/C36H23N4PS/c42-41(24-19-21-37-22-20-24,40-33-14-6-2-9-26(33)27-10-3-7-15-34(27)40)25-17-18-29-30(23-25)28-11-1-5-13-32(28)39-35-16-8-4-12-31(35)38-36(29)39/h1-23H. The highest BCUT2D eigenvalue weighted by atomic mass is 32.4. The van der Waals surface area contributed by atoms with Gasteiger partial charge in [-0.15, -0.1) is 0 Å². The van der Waals surface area contributed by atoms with Crippen LogP contribution in [0.1, 0.15) is 0 Å². The van der Waals surface area contributed by atoms with Crippen molar-refractivity contribution in [3.05, 3.63) is 140 Å². The maximum Gasteiger partial charge on any atom is 0.146 e. The monoisotopic (exact) mass is 574 g/mol. The van der Waals surface area contributed by atoms with Crippen molar-refractivity contribution in [1.82, 2.24) is 18.7 Å². The first-order chi connectivity index (χ1) is 20.7. The second-order valence-electron chi connectivity index (χ2n) is 10.6. The fourth-order valence-corrected chi connectivity index (χ4v) is 10.7. The molecule has 9 aromatic rings. The van der Waals surface area contributed by atoms with Gasteiger partial charge in [-0.2, -0.15) is 0 Å². The first kappa shape index (κ1) is 23.8. The maximum absolute atomic E-state index is 6.97. The molecule has 0 amide bonds. The van der Waals surface area contributed by atoms with Gasteiger partial charge < -0.3 is 4.34 Å². The van der Waals surface area contributed by atoms with Crippen LogP contribution in [0, 0.1) is 0 Å². The van der Waals surface area contributed by atoms with Crippen LogP contribution in [-0.2, 0) is 11.8 Å². The van der Waals surface area contributed by atoms with Gasteiger partial charge in [-0.05, 0) is 60.0 Å². The molecule has 4 heterocycles. The number of rotatable bonds is 3. The summed E-state index contributed by atoms with van der Waals surface area (Å²) in [6.45, 7) is 0. The van der Waals surface area contributed by atoms with Crippen molar-refractivity contribution in [2.75, 3.05) is 0 Å². The highest BCUT2D eigenvalue weighted by Crippen LogP contribution is 2.52. The number of fused-ring (bicyclic) bond motifs is 11. The lowest BCUT2D eigenvalue weighted by Crippen LogP contribution is -2.21. The fourth-order valence-electron chi connectivity index (χ4n) is 6.62. The van der Waals surface area contributed by atoms with Crippen molar-refractivity contribution in [1.29, 1.82) is 0 Å². The molecule has 4 aromatic heterocycles. The van der Waals surface area contributed by atoms with E-state index in [4.69, 9.17) is 16.8 Å². The Bertz CT molecular complexity index is 2510. The van der Waals surface area contributed by atoms with Crippen molar-refractivity contribution >= 4 is 88.8 Å². The third kappa shape index (κ3) is 3.15. The van der Waals surface area contributed by atoms with Gasteiger partial charge in [-0.25, -0.2) is 4.98 Å². The van der Waals surface area contributed by atoms with Gasteiger partial charge >= 0.3 is 0 Å². The van der Waals surface area contributed by atoms with Crippen molar-refractivity contribution in [2.45, 2.75) is 0 Å². The summed E-state index contributed by atoms with van der Waals surface area (Å²) in [6, 6.07) is 45.2. The molecule has 5 aromatic carbocycles. The Hall–Kier alpha value is -4.83. The Morgan fingerprint density at radius 2 is 1.07 bits per heavy atom. The summed E-state index contributed by atoms with van der Waals surface area (Å²) in [6.07, 6.45) is 1.12. The predicted octanol–water partition coefficient (Wildman–Crippen LogP) is 8.19. The minimum atomic E-state index is -2.61. The molecule has 0 saturated carbocycles. The molecular formula is C36H23N4PS. The van der Waals surface area contributed by atoms with Crippen LogP contribution in [0.25, 0.3) is 60.2 Å². The molecule has 0 aliphatic rings. The second kappa shape index (κ2) is 8.83. The number of para-hydroxylation sites is 5. The van der Waals surface area contributed by atoms with Crippen LogP contribution in [0.2, 0.25) is 0 Å². The molecule has 0 saturated heterocycles. The van der Waals surface area contributed by atoms with Gasteiger partial charge in [0, 0.05) is 44.5 Å². The lowest BCUT2D eigenvalue weighted by Gasteiger charge is -2.27. The molecule has 0 bridgehead atoms. The molecule has 0 aliphatic heterocycles. The Morgan fingerprint density at radius 1 is 0.500 bits per heavy atom. The van der Waals surface area contributed by atoms with Gasteiger partial charge in [-0.1, -0.05) is 84.6 Å². The van der Waals surface area contributed by atoms with Crippen molar-refractivity contribution in [3.8, 4) is 0 Å². The highest BCUT2D eigenvalue weighted by molar-refractivity contribution is 8.21. The summed E-state index contributed by atoms with van der Waals surface area (Å²) >= 11 is 6.97. The number of benzene rings is 5. The molecule has 198 valence electrons. The topological polar surface area (TPSA) is 35.1 Å². The zero-order chi connectivity index (χ0) is 27.8. The van der Waals surface area contributed by atoms with Crippen LogP contribution in [0.15, 0.2) is 140 Å². The van der Waals surface area contributed by atoms with Gasteiger partial charge in [0.1, 0.15) is 5.65 Å². The Morgan fingerprint density at radius 3 is 1.76 bits per heavy atom. The molecule has 9 rings (SSSR count). The molecule has 0 aliphatic carbocycles. The van der Waals surface area contributed by atoms with Gasteiger partial charge in [0.2, 0.25) is 0 Å². The minimum absolute atomic E-state index is 0.963. The van der Waals surface area contributed by atoms with Crippen LogP contribution < -0.4 is 10.6 Å². The van der Waals surface area contributed by atoms with E-state index in [9.17, 15) is 0 Å². The average Bonchev–Trinajstić information content (AvgIpc) is 3.62. The SMILES string of the molecule is S=P(c1ccncc1)(c1ccc2c(c1)c1ccccc1n1c3ccccc3nc21)n1c2ccccc2c2ccccc21. The number of hydrogen-bond acceptors (Lipinski definition) is 3. The fraction of sp³-hybridized carbons (Fsp3) is 0. The zero-order valence-corrected chi connectivity index (χ0v) is 24.1. The molecule has 0 radical (unpaired) electrons. The minimum Gasteiger partial charge on any atom is -0.304 e. The normalized spacial score (nSPS) is 13.5. The van der Waals surface area contributed by atoms with E-state index in [1.165, 1.54) is 16.2 Å². The van der Waals surface area contributed by atoms with Crippen LogP contribution in [-0.4, -0.2) is 18.7 Å². The van der Waals surface area contributed by atoms with E-state index in [1.807, 2.05) is 18.5 Å². The largest absolute Gasteiger partial charge is 0.304 e. The number of aromatic nitrogens is 4. The molecule has 6 heteroatoms. The molecule has 0 fully saturated rings. The Labute approximate surface area is 246 Å². The Kier molecular flexibility index (Phi) is 5.01. The van der Waals surface area contributed by atoms with Crippen LogP contribution >= 0.6 is 6.19 Å². The van der Waals surface area contributed by atoms with Crippen molar-refractivity contribution < 1.29 is 0 Å². The van der Waals surface area contributed by atoms with E-state index in [0.29, 0.717) is 0 Å². The van der Waals surface area contributed by atoms with Crippen molar-refractivity contribution in [2.24, 2.45) is 0 Å². The van der Waals surface area contributed by atoms with E-state index in [1.54, 1.807) is 0 Å². The van der Waals surface area contributed by atoms with E-state index in [0.717, 1.165) is 54.6 Å². The summed E-state index contributed by atoms with van der Waals surface area (Å²) in [5, 5.41) is 8.14. The number of nitrogens with zero attached hydrogens (tertiary/aromatic N) is 4. The van der Waals surface area contributed by atoms with Gasteiger partial charge in [0.15, 0.2) is 0 Å². The summed E-state index contributed by atoms with van der Waals surface area (Å²) < 4.78 is 4.73. The lowest BCUT2D eigenvalue weighted by molar-refractivity contribution is 1.31. The number of hydrogen-bond donors (Lipinski definition) is 0. The molecule has 0 spiro atoms. The second-order valence-corrected chi connectivity index (χ2v) is 14.8. The molecular weight excluding hydrogens is 551 g/mol. The summed E-state index contributed by atoms with van der Waals surface area (Å²) in [5.41, 5.74) is 6.51. The van der Waals surface area contributed by atoms with Crippen LogP contribution in [0.3, 0.4) is 0 Å². The first-order valence-corrected chi connectivity index (χ1v) is 16.7. The molecule has 0 N–H and O–H groups in total. The maximum atomic E-state index is 6.97. The van der Waals surface area contributed by atoms with Crippen LogP contribution in [0.4, 0.5) is 0 Å². The zero-order valence-electron chi connectivity index (χ0n) is 22.4. The van der Waals surface area contributed by atoms with E-state index in [2.05, 4.69) is 135 Å². The number of pyridine rings is 2. The Balaban J connectivity index is 1.45. The quantitative estimate of drug-likeness (QED) is 0.158. The summed E-state index contributed by atoms with van der Waals surface area (Å²) in [5.74, 6) is 0. The van der Waals surface area contributed by atoms with Crippen LogP contribution in [0.5, 0.6) is 0 Å². The summed E-state index contributed by atoms with van der Waals surface area (Å²) in [7, 11) is 0. The van der Waals surface area contributed by atoms with E-state index >= 15 is 0 Å². The van der Waals surface area contributed by atoms with E-state index in [-0.39, 0.29) is 0 Å². The summed E-state index contributed by atoms with van der Waals surface area (Å²) in [4.78, 5) is 9.46. The van der Waals surface area contributed by atoms with Gasteiger partial charge in [0.25, 0.3) is 0 Å². The molecule has 4 nitrogen and oxygen atoms in total. The first-order valence-electron chi connectivity index (χ1n) is 14.0. The van der Waals surface area contributed by atoms with Gasteiger partial charge in [0.05, 0.1) is 33.8 Å². The van der Waals surface area contributed by atoms with Gasteiger partial charge in [-0.3, -0.25) is 9.38 Å². The predicted molar refractivity (Wildman–Crippen MR) is 180 cm³/mol. The smallest absolute Gasteiger partial charge is 0.146 e.